The lowest BCUT2D eigenvalue weighted by atomic mass is 10.1. The van der Waals surface area contributed by atoms with Crippen molar-refractivity contribution in [3.63, 3.8) is 0 Å². The van der Waals surface area contributed by atoms with Crippen LogP contribution in [0, 0.1) is 0 Å². The van der Waals surface area contributed by atoms with Crippen LogP contribution in [-0.2, 0) is 0 Å². The molecule has 0 unspecified atom stereocenters. The third-order valence-corrected chi connectivity index (χ3v) is 4.79. The zero-order chi connectivity index (χ0) is 17.9. The van der Waals surface area contributed by atoms with E-state index in [2.05, 4.69) is 15.3 Å². The number of rotatable bonds is 4. The molecule has 1 saturated carbocycles. The van der Waals surface area contributed by atoms with E-state index in [-0.39, 0.29) is 12.1 Å². The van der Waals surface area contributed by atoms with Gasteiger partial charge in [-0.05, 0) is 43.5 Å². The van der Waals surface area contributed by atoms with Gasteiger partial charge in [-0.25, -0.2) is 9.97 Å². The summed E-state index contributed by atoms with van der Waals surface area (Å²) in [6.07, 6.45) is 5.74. The molecule has 1 aliphatic carbocycles. The Balaban J connectivity index is 1.73. The van der Waals surface area contributed by atoms with Crippen molar-refractivity contribution >= 4 is 17.4 Å². The van der Waals surface area contributed by atoms with Gasteiger partial charge >= 0.3 is 0 Å². The highest BCUT2D eigenvalue weighted by Gasteiger charge is 2.23. The molecule has 0 saturated heterocycles. The van der Waals surface area contributed by atoms with Crippen LogP contribution in [0.15, 0.2) is 54.9 Å². The van der Waals surface area contributed by atoms with Gasteiger partial charge in [0.25, 0.3) is 0 Å². The number of benzene rings is 1. The molecular weight excluding hydrogens is 348 g/mol. The van der Waals surface area contributed by atoms with Crippen LogP contribution >= 0.6 is 11.6 Å². The van der Waals surface area contributed by atoms with Crippen LogP contribution in [0.4, 0.5) is 5.82 Å². The molecule has 0 bridgehead atoms. The van der Waals surface area contributed by atoms with Crippen molar-refractivity contribution in [1.82, 2.24) is 15.0 Å². The molecule has 0 amide bonds. The number of anilines is 1. The van der Waals surface area contributed by atoms with Crippen LogP contribution in [0.2, 0.25) is 5.02 Å². The van der Waals surface area contributed by atoms with E-state index in [1.807, 2.05) is 42.5 Å². The first kappa shape index (κ1) is 16.9. The Morgan fingerprint density at radius 3 is 2.58 bits per heavy atom. The Morgan fingerprint density at radius 1 is 1.04 bits per heavy atom. The van der Waals surface area contributed by atoms with Crippen molar-refractivity contribution in [2.75, 3.05) is 5.32 Å². The number of aliphatic hydroxyl groups excluding tert-OH is 1. The first-order chi connectivity index (χ1) is 12.7. The fourth-order valence-corrected chi connectivity index (χ4v) is 3.34. The molecule has 2 N–H and O–H groups in total. The molecule has 1 aromatic carbocycles. The monoisotopic (exact) mass is 366 g/mol. The Labute approximate surface area is 157 Å². The molecule has 4 rings (SSSR count). The van der Waals surface area contributed by atoms with E-state index in [4.69, 9.17) is 16.6 Å². The fraction of sp³-hybridized carbons (Fsp3) is 0.250. The molecule has 2 atom stereocenters. The molecule has 0 aliphatic heterocycles. The molecule has 5 nitrogen and oxygen atoms in total. The number of nitrogens with zero attached hydrogens (tertiary/aromatic N) is 3. The number of pyridine rings is 1. The quantitative estimate of drug-likeness (QED) is 0.724. The smallest absolute Gasteiger partial charge is 0.163 e. The van der Waals surface area contributed by atoms with Crippen LogP contribution in [0.1, 0.15) is 19.3 Å². The summed E-state index contributed by atoms with van der Waals surface area (Å²) in [5, 5.41) is 13.9. The average Bonchev–Trinajstić information content (AvgIpc) is 3.07. The minimum atomic E-state index is -0.233. The topological polar surface area (TPSA) is 70.9 Å². The number of hydrogen-bond donors (Lipinski definition) is 2. The van der Waals surface area contributed by atoms with Crippen molar-refractivity contribution in [1.29, 1.82) is 0 Å². The van der Waals surface area contributed by atoms with Crippen molar-refractivity contribution in [3.05, 3.63) is 59.9 Å². The minimum Gasteiger partial charge on any atom is -0.393 e. The summed E-state index contributed by atoms with van der Waals surface area (Å²) in [5.74, 6) is 1.37. The fourth-order valence-electron chi connectivity index (χ4n) is 3.21. The Hall–Kier alpha value is -2.50. The molecule has 3 aromatic rings. The second-order valence-electron chi connectivity index (χ2n) is 6.52. The van der Waals surface area contributed by atoms with Crippen molar-refractivity contribution < 1.29 is 5.11 Å². The SMILES string of the molecule is O[C@H]1CC[C@@H](Nc2cc(-c3ccc(Cl)cc3)nc(-c3cccnc3)n2)C1. The van der Waals surface area contributed by atoms with Gasteiger partial charge in [-0.15, -0.1) is 0 Å². The van der Waals surface area contributed by atoms with E-state index in [1.54, 1.807) is 12.4 Å². The molecule has 2 aromatic heterocycles. The number of aliphatic hydroxyl groups is 1. The zero-order valence-corrected chi connectivity index (χ0v) is 14.9. The van der Waals surface area contributed by atoms with Gasteiger partial charge in [0.15, 0.2) is 5.82 Å². The highest BCUT2D eigenvalue weighted by molar-refractivity contribution is 6.30. The summed E-state index contributed by atoms with van der Waals surface area (Å²) >= 11 is 6.01. The van der Waals surface area contributed by atoms with E-state index < -0.39 is 0 Å². The lowest BCUT2D eigenvalue weighted by Crippen LogP contribution is -2.17. The molecule has 1 aliphatic rings. The third-order valence-electron chi connectivity index (χ3n) is 4.54. The summed E-state index contributed by atoms with van der Waals surface area (Å²) in [6, 6.07) is 13.6. The highest BCUT2D eigenvalue weighted by Crippen LogP contribution is 2.27. The van der Waals surface area contributed by atoms with Crippen molar-refractivity contribution in [3.8, 4) is 22.6 Å². The van der Waals surface area contributed by atoms with Crippen molar-refractivity contribution in [2.45, 2.75) is 31.4 Å². The highest BCUT2D eigenvalue weighted by atomic mass is 35.5. The van der Waals surface area contributed by atoms with Gasteiger partial charge in [0, 0.05) is 40.7 Å². The van der Waals surface area contributed by atoms with Crippen LogP contribution in [0.25, 0.3) is 22.6 Å². The first-order valence-electron chi connectivity index (χ1n) is 8.67. The van der Waals surface area contributed by atoms with Crippen LogP contribution in [0.5, 0.6) is 0 Å². The molecular formula is C20H19ClN4O. The average molecular weight is 367 g/mol. The van der Waals surface area contributed by atoms with Gasteiger partial charge in [-0.3, -0.25) is 4.98 Å². The second kappa shape index (κ2) is 7.40. The maximum absolute atomic E-state index is 9.78. The largest absolute Gasteiger partial charge is 0.393 e. The molecule has 6 heteroatoms. The third kappa shape index (κ3) is 3.84. The van der Waals surface area contributed by atoms with Gasteiger partial charge in [0.1, 0.15) is 5.82 Å². The van der Waals surface area contributed by atoms with Gasteiger partial charge in [-0.1, -0.05) is 23.7 Å². The van der Waals surface area contributed by atoms with E-state index in [1.165, 1.54) is 0 Å². The normalized spacial score (nSPS) is 19.5. The predicted molar refractivity (Wildman–Crippen MR) is 103 cm³/mol. The van der Waals surface area contributed by atoms with Gasteiger partial charge in [-0.2, -0.15) is 0 Å². The molecule has 2 heterocycles. The van der Waals surface area contributed by atoms with Gasteiger partial charge < -0.3 is 10.4 Å². The molecule has 132 valence electrons. The Morgan fingerprint density at radius 2 is 1.88 bits per heavy atom. The van der Waals surface area contributed by atoms with Gasteiger partial charge in [0.2, 0.25) is 0 Å². The molecule has 0 radical (unpaired) electrons. The van der Waals surface area contributed by atoms with E-state index in [0.717, 1.165) is 41.9 Å². The van der Waals surface area contributed by atoms with Crippen LogP contribution < -0.4 is 5.32 Å². The lowest BCUT2D eigenvalue weighted by Gasteiger charge is -2.15. The van der Waals surface area contributed by atoms with Crippen LogP contribution in [-0.4, -0.2) is 32.2 Å². The number of hydrogen-bond acceptors (Lipinski definition) is 5. The standard InChI is InChI=1S/C20H19ClN4O/c21-15-5-3-13(4-6-15)18-11-19(23-16-7-8-17(26)10-16)25-20(24-18)14-2-1-9-22-12-14/h1-6,9,11-12,16-17,26H,7-8,10H2,(H,23,24,25)/t16-,17+/m1/s1. The predicted octanol–water partition coefficient (Wildman–Crippen LogP) is 4.18. The maximum Gasteiger partial charge on any atom is 0.163 e. The molecule has 26 heavy (non-hydrogen) atoms. The van der Waals surface area contributed by atoms with E-state index in [0.29, 0.717) is 10.8 Å². The minimum absolute atomic E-state index is 0.222. The second-order valence-corrected chi connectivity index (χ2v) is 6.96. The summed E-state index contributed by atoms with van der Waals surface area (Å²) in [6.45, 7) is 0. The molecule has 0 spiro atoms. The Bertz CT molecular complexity index is 886. The maximum atomic E-state index is 9.78. The number of nitrogens with one attached hydrogen (secondary N) is 1. The summed E-state index contributed by atoms with van der Waals surface area (Å²) in [7, 11) is 0. The number of aromatic nitrogens is 3. The first-order valence-corrected chi connectivity index (χ1v) is 9.05. The lowest BCUT2D eigenvalue weighted by molar-refractivity contribution is 0.182. The van der Waals surface area contributed by atoms with E-state index in [9.17, 15) is 5.11 Å². The summed E-state index contributed by atoms with van der Waals surface area (Å²) in [5.41, 5.74) is 2.64. The Kier molecular flexibility index (Phi) is 4.82. The summed E-state index contributed by atoms with van der Waals surface area (Å²) in [4.78, 5) is 13.5. The van der Waals surface area contributed by atoms with Crippen molar-refractivity contribution in [2.24, 2.45) is 0 Å². The van der Waals surface area contributed by atoms with Gasteiger partial charge in [0.05, 0.1) is 11.8 Å². The summed E-state index contributed by atoms with van der Waals surface area (Å²) < 4.78 is 0. The molecule has 1 fully saturated rings. The zero-order valence-electron chi connectivity index (χ0n) is 14.1. The van der Waals surface area contributed by atoms with E-state index >= 15 is 0 Å². The van der Waals surface area contributed by atoms with Crippen LogP contribution in [0.3, 0.4) is 0 Å². The number of halogens is 1.